The molecule has 1 aromatic heterocycles. The van der Waals surface area contributed by atoms with Crippen molar-refractivity contribution >= 4 is 29.0 Å². The van der Waals surface area contributed by atoms with E-state index < -0.39 is 24.2 Å². The van der Waals surface area contributed by atoms with Crippen LogP contribution in [0.4, 0.5) is 24.7 Å². The molecule has 0 spiro atoms. The van der Waals surface area contributed by atoms with Crippen LogP contribution in [-0.4, -0.2) is 41.2 Å². The van der Waals surface area contributed by atoms with Crippen molar-refractivity contribution in [1.29, 1.82) is 0 Å². The number of phenols is 1. The van der Waals surface area contributed by atoms with Gasteiger partial charge in [-0.15, -0.1) is 0 Å². The summed E-state index contributed by atoms with van der Waals surface area (Å²) in [7, 11) is 2.88. The van der Waals surface area contributed by atoms with Crippen LogP contribution < -0.4 is 20.1 Å². The molecule has 2 unspecified atom stereocenters. The van der Waals surface area contributed by atoms with Crippen LogP contribution in [0.5, 0.6) is 17.2 Å². The summed E-state index contributed by atoms with van der Waals surface area (Å²) >= 11 is 5.91. The molecule has 0 radical (unpaired) electrons. The maximum atomic E-state index is 13.9. The fraction of sp³-hybridized carbons (Fsp3) is 0.273. The summed E-state index contributed by atoms with van der Waals surface area (Å²) in [5, 5.41) is 19.5. The van der Waals surface area contributed by atoms with Gasteiger partial charge in [-0.25, -0.2) is 4.68 Å². The van der Waals surface area contributed by atoms with E-state index in [0.717, 1.165) is 10.9 Å². The van der Waals surface area contributed by atoms with Crippen LogP contribution in [0.25, 0.3) is 0 Å². The highest BCUT2D eigenvalue weighted by Gasteiger charge is 2.47. The highest BCUT2D eigenvalue weighted by atomic mass is 35.5. The standard InChI is InChI=1S/C22H20ClF3N4O4/c1-33-17-6-3-11(7-18(17)34-2)14-9-19(22(24,25)26)30-20(28-14)13(10-27-30)21(32)29-15-8-12(23)4-5-16(15)31/h3-8,10,14,19,28,31H,9H2,1-2H3,(H,29,32). The first-order valence-corrected chi connectivity index (χ1v) is 10.4. The minimum absolute atomic E-state index is 0.0112. The third-order valence-electron chi connectivity index (χ3n) is 5.50. The first kappa shape index (κ1) is 23.6. The highest BCUT2D eigenvalue weighted by Crippen LogP contribution is 2.45. The van der Waals surface area contributed by atoms with Gasteiger partial charge in [-0.1, -0.05) is 17.7 Å². The Morgan fingerprint density at radius 3 is 2.62 bits per heavy atom. The summed E-state index contributed by atoms with van der Waals surface area (Å²) in [5.74, 6) is -0.324. The Hall–Kier alpha value is -3.60. The van der Waals surface area contributed by atoms with Crippen molar-refractivity contribution in [3.8, 4) is 17.2 Å². The average Bonchev–Trinajstić information content (AvgIpc) is 3.23. The molecule has 1 aliphatic heterocycles. The lowest BCUT2D eigenvalue weighted by molar-refractivity contribution is -0.173. The van der Waals surface area contributed by atoms with Gasteiger partial charge in [0.25, 0.3) is 5.91 Å². The predicted octanol–water partition coefficient (Wildman–Crippen LogP) is 5.17. The van der Waals surface area contributed by atoms with Gasteiger partial charge in [0.15, 0.2) is 17.5 Å². The second kappa shape index (κ2) is 8.98. The summed E-state index contributed by atoms with van der Waals surface area (Å²) in [6.07, 6.45) is -3.92. The molecule has 2 atom stereocenters. The third kappa shape index (κ3) is 4.43. The highest BCUT2D eigenvalue weighted by molar-refractivity contribution is 6.31. The van der Waals surface area contributed by atoms with Crippen molar-refractivity contribution < 1.29 is 32.5 Å². The SMILES string of the molecule is COc1ccc(C2CC(C(F)(F)F)n3ncc(C(=O)Nc4cc(Cl)ccc4O)c3N2)cc1OC. The molecule has 8 nitrogen and oxygen atoms in total. The van der Waals surface area contributed by atoms with Crippen LogP contribution >= 0.6 is 11.6 Å². The van der Waals surface area contributed by atoms with Crippen molar-refractivity contribution in [3.05, 3.63) is 58.7 Å². The Bertz CT molecular complexity index is 1230. The molecular weight excluding hydrogens is 477 g/mol. The fourth-order valence-corrected chi connectivity index (χ4v) is 3.99. The second-order valence-electron chi connectivity index (χ2n) is 7.57. The van der Waals surface area contributed by atoms with E-state index in [9.17, 15) is 23.1 Å². The van der Waals surface area contributed by atoms with E-state index >= 15 is 0 Å². The zero-order valence-electron chi connectivity index (χ0n) is 18.0. The number of fused-ring (bicyclic) bond motifs is 1. The Morgan fingerprint density at radius 2 is 1.94 bits per heavy atom. The maximum Gasteiger partial charge on any atom is 0.410 e. The topological polar surface area (TPSA) is 97.6 Å². The number of aromatic nitrogens is 2. The number of phenolic OH excluding ortho intramolecular Hbond substituents is 1. The molecule has 4 rings (SSSR count). The molecule has 0 aliphatic carbocycles. The number of rotatable bonds is 5. The number of hydrogen-bond acceptors (Lipinski definition) is 6. The van der Waals surface area contributed by atoms with Gasteiger partial charge in [0.2, 0.25) is 0 Å². The molecule has 0 saturated heterocycles. The van der Waals surface area contributed by atoms with Gasteiger partial charge in [0.1, 0.15) is 17.1 Å². The number of benzene rings is 2. The van der Waals surface area contributed by atoms with E-state index in [2.05, 4.69) is 15.7 Å². The number of carbonyl (C=O) groups excluding carboxylic acids is 1. The van der Waals surface area contributed by atoms with Gasteiger partial charge in [-0.2, -0.15) is 18.3 Å². The van der Waals surface area contributed by atoms with E-state index in [1.807, 2.05) is 0 Å². The van der Waals surface area contributed by atoms with E-state index in [4.69, 9.17) is 21.1 Å². The molecule has 2 heterocycles. The lowest BCUT2D eigenvalue weighted by atomic mass is 9.96. The summed E-state index contributed by atoms with van der Waals surface area (Å²) in [4.78, 5) is 12.9. The summed E-state index contributed by atoms with van der Waals surface area (Å²) in [6, 6.07) is 6.07. The molecule has 0 saturated carbocycles. The van der Waals surface area contributed by atoms with Crippen LogP contribution in [0.2, 0.25) is 5.02 Å². The van der Waals surface area contributed by atoms with Crippen molar-refractivity contribution in [1.82, 2.24) is 9.78 Å². The van der Waals surface area contributed by atoms with Gasteiger partial charge >= 0.3 is 6.18 Å². The lowest BCUT2D eigenvalue weighted by Crippen LogP contribution is -2.36. The number of alkyl halides is 3. The number of ether oxygens (including phenoxy) is 2. The van der Waals surface area contributed by atoms with Gasteiger partial charge in [-0.3, -0.25) is 4.79 Å². The number of nitrogens with zero attached hydrogens (tertiary/aromatic N) is 2. The van der Waals surface area contributed by atoms with Crippen LogP contribution in [-0.2, 0) is 0 Å². The third-order valence-corrected chi connectivity index (χ3v) is 5.73. The van der Waals surface area contributed by atoms with Gasteiger partial charge < -0.3 is 25.2 Å². The average molecular weight is 497 g/mol. The normalized spacial score (nSPS) is 17.5. The van der Waals surface area contributed by atoms with Crippen molar-refractivity contribution in [2.45, 2.75) is 24.7 Å². The molecule has 1 amide bonds. The van der Waals surface area contributed by atoms with Crippen LogP contribution in [0.1, 0.15) is 34.4 Å². The first-order chi connectivity index (χ1) is 16.1. The molecule has 34 heavy (non-hydrogen) atoms. The minimum atomic E-state index is -4.61. The van der Waals surface area contributed by atoms with E-state index in [1.54, 1.807) is 18.2 Å². The molecule has 12 heteroatoms. The Kier molecular flexibility index (Phi) is 6.22. The molecule has 0 fully saturated rings. The largest absolute Gasteiger partial charge is 0.506 e. The van der Waals surface area contributed by atoms with Crippen molar-refractivity contribution in [2.24, 2.45) is 0 Å². The van der Waals surface area contributed by atoms with Gasteiger partial charge in [-0.05, 0) is 35.9 Å². The number of amides is 1. The van der Waals surface area contributed by atoms with E-state index in [0.29, 0.717) is 17.1 Å². The van der Waals surface area contributed by atoms with Gasteiger partial charge in [0, 0.05) is 11.4 Å². The Balaban J connectivity index is 1.71. The van der Waals surface area contributed by atoms with E-state index in [1.165, 1.54) is 32.4 Å². The zero-order valence-corrected chi connectivity index (χ0v) is 18.7. The number of hydrogen-bond donors (Lipinski definition) is 3. The van der Waals surface area contributed by atoms with Crippen LogP contribution in [0.3, 0.4) is 0 Å². The molecule has 0 bridgehead atoms. The molecule has 1 aliphatic rings. The molecule has 3 N–H and O–H groups in total. The summed E-state index contributed by atoms with van der Waals surface area (Å²) in [6.45, 7) is 0. The first-order valence-electron chi connectivity index (χ1n) is 10.0. The Labute approximate surface area is 197 Å². The number of carbonyl (C=O) groups is 1. The fourth-order valence-electron chi connectivity index (χ4n) is 3.81. The Morgan fingerprint density at radius 1 is 1.21 bits per heavy atom. The number of nitrogens with one attached hydrogen (secondary N) is 2. The minimum Gasteiger partial charge on any atom is -0.506 e. The quantitative estimate of drug-likeness (QED) is 0.421. The smallest absolute Gasteiger partial charge is 0.410 e. The van der Waals surface area contributed by atoms with Crippen LogP contribution in [0.15, 0.2) is 42.6 Å². The molecule has 3 aromatic rings. The summed E-state index contributed by atoms with van der Waals surface area (Å²) < 4.78 is 53.1. The summed E-state index contributed by atoms with van der Waals surface area (Å²) in [5.41, 5.74) is 0.397. The lowest BCUT2D eigenvalue weighted by Gasteiger charge is -2.34. The number of anilines is 2. The molecular formula is C22H20ClF3N4O4. The zero-order chi connectivity index (χ0) is 24.6. The number of methoxy groups -OCH3 is 2. The second-order valence-corrected chi connectivity index (χ2v) is 8.01. The molecule has 180 valence electrons. The van der Waals surface area contributed by atoms with Crippen LogP contribution in [0, 0.1) is 0 Å². The maximum absolute atomic E-state index is 13.9. The number of aromatic hydroxyl groups is 1. The van der Waals surface area contributed by atoms with Crippen molar-refractivity contribution in [2.75, 3.05) is 24.9 Å². The van der Waals surface area contributed by atoms with Gasteiger partial charge in [0.05, 0.1) is 32.1 Å². The number of halogens is 4. The monoisotopic (exact) mass is 496 g/mol. The van der Waals surface area contributed by atoms with E-state index in [-0.39, 0.29) is 34.3 Å². The van der Waals surface area contributed by atoms with Crippen molar-refractivity contribution in [3.63, 3.8) is 0 Å². The predicted molar refractivity (Wildman–Crippen MR) is 119 cm³/mol. The molecule has 2 aromatic carbocycles.